The SMILES string of the molecule is C[C@H]1COCCN1C(=O)c1nn(-c2ccccc2F)c2c1CCC2. The van der Waals surface area contributed by atoms with E-state index in [1.54, 1.807) is 22.9 Å². The standard InChI is InChI=1S/C18H20FN3O2/c1-12-11-24-10-9-21(12)18(23)17-13-5-4-8-15(13)22(20-17)16-7-3-2-6-14(16)19/h2-3,6-7,12H,4-5,8-11H2,1H3/t12-/m0/s1. The normalized spacial score (nSPS) is 20.2. The molecule has 24 heavy (non-hydrogen) atoms. The lowest BCUT2D eigenvalue weighted by Crippen LogP contribution is -2.47. The zero-order chi connectivity index (χ0) is 16.7. The van der Waals surface area contributed by atoms with Crippen molar-refractivity contribution < 1.29 is 13.9 Å². The molecule has 1 aliphatic carbocycles. The van der Waals surface area contributed by atoms with Gasteiger partial charge in [-0.15, -0.1) is 0 Å². The van der Waals surface area contributed by atoms with E-state index in [0.29, 0.717) is 31.1 Å². The summed E-state index contributed by atoms with van der Waals surface area (Å²) in [5.41, 5.74) is 2.82. The Kier molecular flexibility index (Phi) is 3.84. The minimum atomic E-state index is -0.326. The predicted octanol–water partition coefficient (Wildman–Crippen LogP) is 2.36. The largest absolute Gasteiger partial charge is 0.377 e. The van der Waals surface area contributed by atoms with E-state index in [1.807, 2.05) is 11.8 Å². The molecule has 1 atom stereocenters. The van der Waals surface area contributed by atoms with E-state index < -0.39 is 0 Å². The van der Waals surface area contributed by atoms with Gasteiger partial charge in [0.15, 0.2) is 5.69 Å². The Labute approximate surface area is 140 Å². The number of hydrogen-bond donors (Lipinski definition) is 0. The highest BCUT2D eigenvalue weighted by molar-refractivity contribution is 5.94. The molecule has 0 N–H and O–H groups in total. The van der Waals surface area contributed by atoms with Crippen molar-refractivity contribution in [2.75, 3.05) is 19.8 Å². The molecule has 6 heteroatoms. The molecule has 0 bridgehead atoms. The number of para-hydroxylation sites is 1. The summed E-state index contributed by atoms with van der Waals surface area (Å²) in [7, 11) is 0. The number of fused-ring (bicyclic) bond motifs is 1. The minimum absolute atomic E-state index is 0.0296. The lowest BCUT2D eigenvalue weighted by Gasteiger charge is -2.32. The molecule has 0 saturated carbocycles. The van der Waals surface area contributed by atoms with Gasteiger partial charge < -0.3 is 9.64 Å². The Morgan fingerprint density at radius 2 is 2.17 bits per heavy atom. The van der Waals surface area contributed by atoms with E-state index in [4.69, 9.17) is 4.74 Å². The first-order valence-electron chi connectivity index (χ1n) is 8.41. The number of halogens is 1. The molecular weight excluding hydrogens is 309 g/mol. The smallest absolute Gasteiger partial charge is 0.275 e. The topological polar surface area (TPSA) is 47.4 Å². The van der Waals surface area contributed by atoms with E-state index >= 15 is 0 Å². The first-order chi connectivity index (χ1) is 11.7. The fourth-order valence-corrected chi connectivity index (χ4v) is 3.60. The second-order valence-electron chi connectivity index (χ2n) is 6.41. The van der Waals surface area contributed by atoms with Gasteiger partial charge in [-0.3, -0.25) is 4.79 Å². The highest BCUT2D eigenvalue weighted by Gasteiger charge is 2.32. The van der Waals surface area contributed by atoms with Gasteiger partial charge in [-0.25, -0.2) is 9.07 Å². The summed E-state index contributed by atoms with van der Waals surface area (Å²) in [4.78, 5) is 14.8. The lowest BCUT2D eigenvalue weighted by atomic mass is 10.1. The average Bonchev–Trinajstić information content (AvgIpc) is 3.18. The summed E-state index contributed by atoms with van der Waals surface area (Å²) in [6, 6.07) is 6.59. The fourth-order valence-electron chi connectivity index (χ4n) is 3.60. The van der Waals surface area contributed by atoms with Crippen LogP contribution in [0.15, 0.2) is 24.3 Å². The molecule has 0 spiro atoms. The Hall–Kier alpha value is -2.21. The maximum Gasteiger partial charge on any atom is 0.275 e. The molecule has 0 radical (unpaired) electrons. The lowest BCUT2D eigenvalue weighted by molar-refractivity contribution is 0.00319. The Morgan fingerprint density at radius 1 is 1.33 bits per heavy atom. The molecule has 1 fully saturated rings. The van der Waals surface area contributed by atoms with Crippen LogP contribution in [-0.4, -0.2) is 46.4 Å². The molecule has 5 nitrogen and oxygen atoms in total. The van der Waals surface area contributed by atoms with Crippen LogP contribution in [0.3, 0.4) is 0 Å². The zero-order valence-corrected chi connectivity index (χ0v) is 13.7. The van der Waals surface area contributed by atoms with Gasteiger partial charge >= 0.3 is 0 Å². The van der Waals surface area contributed by atoms with Crippen molar-refractivity contribution in [1.29, 1.82) is 0 Å². The molecule has 2 heterocycles. The zero-order valence-electron chi connectivity index (χ0n) is 13.7. The van der Waals surface area contributed by atoms with Gasteiger partial charge in [0, 0.05) is 17.8 Å². The first kappa shape index (κ1) is 15.3. The molecule has 1 aromatic carbocycles. The number of benzene rings is 1. The monoisotopic (exact) mass is 329 g/mol. The predicted molar refractivity (Wildman–Crippen MR) is 86.9 cm³/mol. The van der Waals surface area contributed by atoms with Crippen molar-refractivity contribution in [2.24, 2.45) is 0 Å². The van der Waals surface area contributed by atoms with Crippen LogP contribution in [0.5, 0.6) is 0 Å². The fraction of sp³-hybridized carbons (Fsp3) is 0.444. The first-order valence-corrected chi connectivity index (χ1v) is 8.41. The van der Waals surface area contributed by atoms with Crippen molar-refractivity contribution in [3.8, 4) is 5.69 Å². The molecule has 126 valence electrons. The summed E-state index contributed by atoms with van der Waals surface area (Å²) in [5, 5.41) is 4.52. The number of hydrogen-bond acceptors (Lipinski definition) is 3. The van der Waals surface area contributed by atoms with Crippen LogP contribution >= 0.6 is 0 Å². The van der Waals surface area contributed by atoms with Gasteiger partial charge in [0.05, 0.1) is 19.3 Å². The molecule has 0 unspecified atom stereocenters. The summed E-state index contributed by atoms with van der Waals surface area (Å²) in [6.45, 7) is 3.64. The van der Waals surface area contributed by atoms with Gasteiger partial charge in [-0.2, -0.15) is 5.10 Å². The number of carbonyl (C=O) groups excluding carboxylic acids is 1. The highest BCUT2D eigenvalue weighted by atomic mass is 19.1. The maximum absolute atomic E-state index is 14.2. The molecule has 1 amide bonds. The number of morpholine rings is 1. The molecular formula is C18H20FN3O2. The minimum Gasteiger partial charge on any atom is -0.377 e. The molecule has 2 aromatic rings. The van der Waals surface area contributed by atoms with Gasteiger partial charge in [-0.05, 0) is 38.3 Å². The molecule has 1 aliphatic heterocycles. The van der Waals surface area contributed by atoms with E-state index in [-0.39, 0.29) is 17.8 Å². The van der Waals surface area contributed by atoms with Gasteiger partial charge in [-0.1, -0.05) is 12.1 Å². The summed E-state index contributed by atoms with van der Waals surface area (Å²) in [5.74, 6) is -0.396. The Balaban J connectivity index is 1.76. The van der Waals surface area contributed by atoms with Crippen molar-refractivity contribution >= 4 is 5.91 Å². The summed E-state index contributed by atoms with van der Waals surface area (Å²) >= 11 is 0. The van der Waals surface area contributed by atoms with Crippen LogP contribution in [0, 0.1) is 5.82 Å². The van der Waals surface area contributed by atoms with Gasteiger partial charge in [0.25, 0.3) is 5.91 Å². The van der Waals surface area contributed by atoms with Crippen molar-refractivity contribution in [3.63, 3.8) is 0 Å². The number of amides is 1. The third kappa shape index (κ3) is 2.41. The van der Waals surface area contributed by atoms with E-state index in [1.165, 1.54) is 6.07 Å². The van der Waals surface area contributed by atoms with Crippen molar-refractivity contribution in [3.05, 3.63) is 47.0 Å². The molecule has 1 saturated heterocycles. The number of rotatable bonds is 2. The van der Waals surface area contributed by atoms with Gasteiger partial charge in [0.1, 0.15) is 11.5 Å². The van der Waals surface area contributed by atoms with E-state index in [2.05, 4.69) is 5.10 Å². The Bertz CT molecular complexity index is 787. The van der Waals surface area contributed by atoms with E-state index in [0.717, 1.165) is 30.5 Å². The summed E-state index contributed by atoms with van der Waals surface area (Å²) in [6.07, 6.45) is 2.62. The third-order valence-electron chi connectivity index (χ3n) is 4.84. The van der Waals surface area contributed by atoms with Crippen molar-refractivity contribution in [1.82, 2.24) is 14.7 Å². The number of aromatic nitrogens is 2. The maximum atomic E-state index is 14.2. The van der Waals surface area contributed by atoms with E-state index in [9.17, 15) is 9.18 Å². The average molecular weight is 329 g/mol. The van der Waals surface area contributed by atoms with Gasteiger partial charge in [0.2, 0.25) is 0 Å². The quantitative estimate of drug-likeness (QED) is 0.850. The van der Waals surface area contributed by atoms with Crippen LogP contribution in [0.1, 0.15) is 35.1 Å². The Morgan fingerprint density at radius 3 is 2.96 bits per heavy atom. The number of nitrogens with zero attached hydrogens (tertiary/aromatic N) is 3. The molecule has 1 aromatic heterocycles. The number of carbonyl (C=O) groups is 1. The second-order valence-corrected chi connectivity index (χ2v) is 6.41. The number of ether oxygens (including phenoxy) is 1. The third-order valence-corrected chi connectivity index (χ3v) is 4.84. The molecule has 4 rings (SSSR count). The van der Waals surface area contributed by atoms with Crippen LogP contribution in [0.2, 0.25) is 0 Å². The second kappa shape index (κ2) is 6.02. The highest BCUT2D eigenvalue weighted by Crippen LogP contribution is 2.29. The van der Waals surface area contributed by atoms with Crippen LogP contribution < -0.4 is 0 Å². The van der Waals surface area contributed by atoms with Crippen LogP contribution in [-0.2, 0) is 17.6 Å². The van der Waals surface area contributed by atoms with Crippen LogP contribution in [0.25, 0.3) is 5.69 Å². The summed E-state index contributed by atoms with van der Waals surface area (Å²) < 4.78 is 21.2. The molecule has 2 aliphatic rings. The van der Waals surface area contributed by atoms with Crippen molar-refractivity contribution in [2.45, 2.75) is 32.2 Å². The van der Waals surface area contributed by atoms with Crippen LogP contribution in [0.4, 0.5) is 4.39 Å².